The molecule has 4 amide bonds. The number of piperazine rings is 1. The first-order valence-electron chi connectivity index (χ1n) is 11.0. The maximum atomic E-state index is 12.7. The standard InChI is InChI=1S/C22H31N5O3/c1-17-6-5-7-18(16-17)26-14-12-25(13-15-26)11-8-19(28)24-27-20(29)22(23-21(27)30)9-3-2-4-10-22/h5-7,16H,2-4,8-15H2,1H3,(H,23,30)(H,24,28). The first-order valence-corrected chi connectivity index (χ1v) is 11.0. The highest BCUT2D eigenvalue weighted by Crippen LogP contribution is 2.33. The zero-order chi connectivity index (χ0) is 21.1. The summed E-state index contributed by atoms with van der Waals surface area (Å²) < 4.78 is 0. The fraction of sp³-hybridized carbons (Fsp3) is 0.591. The molecule has 3 aliphatic rings. The quantitative estimate of drug-likeness (QED) is 0.719. The van der Waals surface area contributed by atoms with Crippen molar-refractivity contribution in [3.63, 3.8) is 0 Å². The average molecular weight is 414 g/mol. The van der Waals surface area contributed by atoms with Crippen molar-refractivity contribution in [3.8, 4) is 0 Å². The fourth-order valence-electron chi connectivity index (χ4n) is 4.71. The van der Waals surface area contributed by atoms with Gasteiger partial charge >= 0.3 is 6.03 Å². The lowest BCUT2D eigenvalue weighted by Gasteiger charge is -2.36. The molecule has 162 valence electrons. The highest BCUT2D eigenvalue weighted by atomic mass is 16.2. The number of hydrogen-bond acceptors (Lipinski definition) is 5. The fourth-order valence-corrected chi connectivity index (χ4v) is 4.71. The molecule has 1 saturated carbocycles. The Bertz CT molecular complexity index is 813. The molecule has 30 heavy (non-hydrogen) atoms. The van der Waals surface area contributed by atoms with Gasteiger partial charge in [-0.2, -0.15) is 5.01 Å². The van der Waals surface area contributed by atoms with E-state index in [1.54, 1.807) is 0 Å². The van der Waals surface area contributed by atoms with Crippen LogP contribution in [0.4, 0.5) is 10.5 Å². The molecule has 1 aromatic rings. The van der Waals surface area contributed by atoms with Crippen LogP contribution in [0.15, 0.2) is 24.3 Å². The molecule has 2 N–H and O–H groups in total. The molecule has 1 spiro atoms. The zero-order valence-corrected chi connectivity index (χ0v) is 17.7. The Labute approximate surface area is 177 Å². The largest absolute Gasteiger partial charge is 0.369 e. The molecular formula is C22H31N5O3. The van der Waals surface area contributed by atoms with Crippen molar-refractivity contribution in [3.05, 3.63) is 29.8 Å². The summed E-state index contributed by atoms with van der Waals surface area (Å²) in [6.45, 7) is 6.31. The number of rotatable bonds is 5. The van der Waals surface area contributed by atoms with E-state index >= 15 is 0 Å². The van der Waals surface area contributed by atoms with Crippen molar-refractivity contribution in [2.75, 3.05) is 37.6 Å². The monoisotopic (exact) mass is 413 g/mol. The number of nitrogens with zero attached hydrogens (tertiary/aromatic N) is 3. The molecule has 4 rings (SSSR count). The number of amides is 4. The maximum absolute atomic E-state index is 12.7. The molecule has 8 nitrogen and oxygen atoms in total. The molecule has 1 aromatic carbocycles. The van der Waals surface area contributed by atoms with Crippen LogP contribution in [-0.2, 0) is 9.59 Å². The summed E-state index contributed by atoms with van der Waals surface area (Å²) in [6, 6.07) is 7.99. The topological polar surface area (TPSA) is 85.0 Å². The third kappa shape index (κ3) is 4.28. The minimum atomic E-state index is -0.811. The molecule has 2 saturated heterocycles. The number of carbonyl (C=O) groups excluding carboxylic acids is 3. The molecule has 0 unspecified atom stereocenters. The van der Waals surface area contributed by atoms with Gasteiger partial charge in [0, 0.05) is 44.8 Å². The van der Waals surface area contributed by atoms with Crippen LogP contribution in [0.1, 0.15) is 44.1 Å². The number of hydrogen-bond donors (Lipinski definition) is 2. The van der Waals surface area contributed by atoms with Gasteiger partial charge in [-0.1, -0.05) is 31.4 Å². The van der Waals surface area contributed by atoms with Crippen molar-refractivity contribution in [1.29, 1.82) is 0 Å². The van der Waals surface area contributed by atoms with Crippen molar-refractivity contribution in [2.45, 2.75) is 51.0 Å². The van der Waals surface area contributed by atoms with Gasteiger partial charge in [-0.15, -0.1) is 0 Å². The van der Waals surface area contributed by atoms with E-state index in [-0.39, 0.29) is 18.2 Å². The molecule has 0 radical (unpaired) electrons. The summed E-state index contributed by atoms with van der Waals surface area (Å²) in [5, 5.41) is 3.70. The molecule has 0 atom stereocenters. The average Bonchev–Trinajstić information content (AvgIpc) is 2.97. The van der Waals surface area contributed by atoms with E-state index in [1.807, 2.05) is 0 Å². The van der Waals surface area contributed by atoms with Gasteiger partial charge in [-0.3, -0.25) is 19.9 Å². The first kappa shape index (κ1) is 20.7. The van der Waals surface area contributed by atoms with Gasteiger partial charge in [0.1, 0.15) is 5.54 Å². The summed E-state index contributed by atoms with van der Waals surface area (Å²) in [6.07, 6.45) is 4.47. The van der Waals surface area contributed by atoms with Gasteiger partial charge in [0.2, 0.25) is 5.91 Å². The Kier molecular flexibility index (Phi) is 5.94. The molecule has 2 aliphatic heterocycles. The summed E-state index contributed by atoms with van der Waals surface area (Å²) in [4.78, 5) is 42.0. The third-order valence-corrected chi connectivity index (χ3v) is 6.50. The van der Waals surface area contributed by atoms with Crippen LogP contribution >= 0.6 is 0 Å². The van der Waals surface area contributed by atoms with Gasteiger partial charge in [-0.25, -0.2) is 4.79 Å². The van der Waals surface area contributed by atoms with Gasteiger partial charge < -0.3 is 10.2 Å². The predicted octanol–water partition coefficient (Wildman–Crippen LogP) is 1.79. The molecule has 1 aliphatic carbocycles. The summed E-state index contributed by atoms with van der Waals surface area (Å²) in [7, 11) is 0. The van der Waals surface area contributed by atoms with Crippen molar-refractivity contribution >= 4 is 23.5 Å². The summed E-state index contributed by atoms with van der Waals surface area (Å²) >= 11 is 0. The van der Waals surface area contributed by atoms with E-state index in [9.17, 15) is 14.4 Å². The summed E-state index contributed by atoms with van der Waals surface area (Å²) in [5.74, 6) is -0.611. The van der Waals surface area contributed by atoms with Gasteiger partial charge in [0.15, 0.2) is 0 Å². The van der Waals surface area contributed by atoms with Crippen LogP contribution in [0.3, 0.4) is 0 Å². The maximum Gasteiger partial charge on any atom is 0.344 e. The molecule has 8 heteroatoms. The van der Waals surface area contributed by atoms with Gasteiger partial charge in [0.05, 0.1) is 0 Å². The smallest absolute Gasteiger partial charge is 0.344 e. The normalized spacial score (nSPS) is 21.8. The van der Waals surface area contributed by atoms with Crippen LogP contribution in [-0.4, -0.2) is 66.0 Å². The van der Waals surface area contributed by atoms with E-state index in [0.717, 1.165) is 50.5 Å². The Morgan fingerprint density at radius 3 is 2.53 bits per heavy atom. The molecule has 0 aromatic heterocycles. The number of hydrazine groups is 1. The second-order valence-corrected chi connectivity index (χ2v) is 8.67. The van der Waals surface area contributed by atoms with E-state index in [2.05, 4.69) is 51.7 Å². The summed E-state index contributed by atoms with van der Waals surface area (Å²) in [5.41, 5.74) is 4.21. The van der Waals surface area contributed by atoms with Crippen LogP contribution < -0.4 is 15.6 Å². The van der Waals surface area contributed by atoms with Crippen molar-refractivity contribution in [2.24, 2.45) is 0 Å². The van der Waals surface area contributed by atoms with Crippen molar-refractivity contribution < 1.29 is 14.4 Å². The number of benzene rings is 1. The Morgan fingerprint density at radius 1 is 1.10 bits per heavy atom. The van der Waals surface area contributed by atoms with Crippen LogP contribution in [0, 0.1) is 6.92 Å². The van der Waals surface area contributed by atoms with E-state index in [1.165, 1.54) is 11.3 Å². The van der Waals surface area contributed by atoms with Crippen LogP contribution in [0.25, 0.3) is 0 Å². The Hall–Kier alpha value is -2.61. The number of anilines is 1. The number of aryl methyl sites for hydroxylation is 1. The Balaban J connectivity index is 1.23. The molecular weight excluding hydrogens is 382 g/mol. The van der Waals surface area contributed by atoms with Crippen molar-refractivity contribution in [1.82, 2.24) is 20.7 Å². The molecule has 2 heterocycles. The second-order valence-electron chi connectivity index (χ2n) is 8.67. The molecule has 3 fully saturated rings. The zero-order valence-electron chi connectivity index (χ0n) is 17.7. The van der Waals surface area contributed by atoms with E-state index < -0.39 is 11.6 Å². The SMILES string of the molecule is Cc1cccc(N2CCN(CCC(=O)NN3C(=O)NC4(CCCCC4)C3=O)CC2)c1. The van der Waals surface area contributed by atoms with Gasteiger partial charge in [-0.05, 0) is 37.5 Å². The Morgan fingerprint density at radius 2 is 1.83 bits per heavy atom. The highest BCUT2D eigenvalue weighted by Gasteiger charge is 2.52. The highest BCUT2D eigenvalue weighted by molar-refractivity contribution is 6.08. The van der Waals surface area contributed by atoms with Gasteiger partial charge in [0.25, 0.3) is 5.91 Å². The number of carbonyl (C=O) groups is 3. The molecule has 0 bridgehead atoms. The lowest BCUT2D eigenvalue weighted by Crippen LogP contribution is -2.51. The van der Waals surface area contributed by atoms with E-state index in [0.29, 0.717) is 19.4 Å². The minimum Gasteiger partial charge on any atom is -0.369 e. The number of urea groups is 1. The lowest BCUT2D eigenvalue weighted by molar-refractivity contribution is -0.140. The predicted molar refractivity (Wildman–Crippen MR) is 114 cm³/mol. The van der Waals surface area contributed by atoms with Crippen LogP contribution in [0.2, 0.25) is 0 Å². The lowest BCUT2D eigenvalue weighted by atomic mass is 9.82. The first-order chi connectivity index (χ1) is 14.5. The minimum absolute atomic E-state index is 0.258. The number of imide groups is 1. The van der Waals surface area contributed by atoms with E-state index in [4.69, 9.17) is 0 Å². The second kappa shape index (κ2) is 8.63. The third-order valence-electron chi connectivity index (χ3n) is 6.50. The number of nitrogens with one attached hydrogen (secondary N) is 2. The van der Waals surface area contributed by atoms with Crippen LogP contribution in [0.5, 0.6) is 0 Å².